The Balaban J connectivity index is 1.78. The van der Waals surface area contributed by atoms with E-state index in [9.17, 15) is 0 Å². The van der Waals surface area contributed by atoms with Crippen LogP contribution in [0, 0.1) is 11.8 Å². The number of piperidine rings is 1. The van der Waals surface area contributed by atoms with Gasteiger partial charge in [0.2, 0.25) is 0 Å². The molecule has 1 N–H and O–H groups in total. The van der Waals surface area contributed by atoms with Crippen molar-refractivity contribution in [1.29, 1.82) is 0 Å². The van der Waals surface area contributed by atoms with Crippen molar-refractivity contribution in [3.63, 3.8) is 0 Å². The SMILES string of the molecule is CC1CNCCCN(CC2CCCN(C)C2)C1. The topological polar surface area (TPSA) is 18.5 Å². The van der Waals surface area contributed by atoms with Gasteiger partial charge in [-0.3, -0.25) is 0 Å². The van der Waals surface area contributed by atoms with Crippen molar-refractivity contribution >= 4 is 0 Å². The summed E-state index contributed by atoms with van der Waals surface area (Å²) < 4.78 is 0. The maximum atomic E-state index is 3.53. The van der Waals surface area contributed by atoms with Crippen LogP contribution in [0.5, 0.6) is 0 Å². The predicted molar refractivity (Wildman–Crippen MR) is 73.3 cm³/mol. The fourth-order valence-corrected chi connectivity index (χ4v) is 3.33. The highest BCUT2D eigenvalue weighted by Crippen LogP contribution is 2.17. The van der Waals surface area contributed by atoms with Crippen LogP contribution in [0.4, 0.5) is 0 Å². The van der Waals surface area contributed by atoms with Crippen LogP contribution in [0.1, 0.15) is 26.2 Å². The highest BCUT2D eigenvalue weighted by Gasteiger charge is 2.21. The molecule has 2 aliphatic rings. The molecule has 2 atom stereocenters. The second kappa shape index (κ2) is 6.72. The summed E-state index contributed by atoms with van der Waals surface area (Å²) in [5, 5.41) is 3.53. The maximum Gasteiger partial charge on any atom is 0.00220 e. The predicted octanol–water partition coefficient (Wildman–Crippen LogP) is 1.26. The van der Waals surface area contributed by atoms with E-state index in [0.29, 0.717) is 0 Å². The molecule has 0 radical (unpaired) electrons. The van der Waals surface area contributed by atoms with E-state index >= 15 is 0 Å². The molecular formula is C14H29N3. The van der Waals surface area contributed by atoms with Crippen LogP contribution in [0.25, 0.3) is 0 Å². The summed E-state index contributed by atoms with van der Waals surface area (Å²) >= 11 is 0. The van der Waals surface area contributed by atoms with Gasteiger partial charge in [0.15, 0.2) is 0 Å². The smallest absolute Gasteiger partial charge is 0.00220 e. The molecule has 0 spiro atoms. The third kappa shape index (κ3) is 4.57. The van der Waals surface area contributed by atoms with Gasteiger partial charge in [-0.1, -0.05) is 6.92 Å². The van der Waals surface area contributed by atoms with Gasteiger partial charge < -0.3 is 15.1 Å². The number of hydrogen-bond acceptors (Lipinski definition) is 3. The molecule has 2 unspecified atom stereocenters. The lowest BCUT2D eigenvalue weighted by atomic mass is 9.97. The quantitative estimate of drug-likeness (QED) is 0.783. The van der Waals surface area contributed by atoms with Crippen LogP contribution < -0.4 is 5.32 Å². The van der Waals surface area contributed by atoms with Crippen molar-refractivity contribution in [2.24, 2.45) is 11.8 Å². The van der Waals surface area contributed by atoms with E-state index in [-0.39, 0.29) is 0 Å². The first-order valence-electron chi connectivity index (χ1n) is 7.35. The first-order valence-corrected chi connectivity index (χ1v) is 7.35. The maximum absolute atomic E-state index is 3.53. The lowest BCUT2D eigenvalue weighted by Crippen LogP contribution is -2.44. The molecule has 0 aromatic rings. The molecule has 3 heteroatoms. The Morgan fingerprint density at radius 1 is 1.18 bits per heavy atom. The van der Waals surface area contributed by atoms with Crippen molar-refractivity contribution < 1.29 is 0 Å². The average molecular weight is 239 g/mol. The molecule has 3 nitrogen and oxygen atoms in total. The molecule has 0 bridgehead atoms. The van der Waals surface area contributed by atoms with E-state index in [4.69, 9.17) is 0 Å². The Labute approximate surface area is 107 Å². The minimum absolute atomic E-state index is 0.802. The van der Waals surface area contributed by atoms with Gasteiger partial charge in [-0.15, -0.1) is 0 Å². The lowest BCUT2D eigenvalue weighted by Gasteiger charge is -2.35. The highest BCUT2D eigenvalue weighted by atomic mass is 15.2. The van der Waals surface area contributed by atoms with E-state index in [2.05, 4.69) is 29.1 Å². The summed E-state index contributed by atoms with van der Waals surface area (Å²) in [5.74, 6) is 1.71. The van der Waals surface area contributed by atoms with Gasteiger partial charge in [0, 0.05) is 19.6 Å². The molecule has 0 aliphatic carbocycles. The summed E-state index contributed by atoms with van der Waals surface area (Å²) in [6.45, 7) is 11.3. The van der Waals surface area contributed by atoms with Gasteiger partial charge in [-0.25, -0.2) is 0 Å². The van der Waals surface area contributed by atoms with Crippen molar-refractivity contribution in [1.82, 2.24) is 15.1 Å². The number of hydrogen-bond donors (Lipinski definition) is 1. The van der Waals surface area contributed by atoms with Crippen LogP contribution in [0.3, 0.4) is 0 Å². The van der Waals surface area contributed by atoms with Gasteiger partial charge in [0.1, 0.15) is 0 Å². The molecule has 100 valence electrons. The van der Waals surface area contributed by atoms with E-state index < -0.39 is 0 Å². The summed E-state index contributed by atoms with van der Waals surface area (Å²) in [4.78, 5) is 5.22. The van der Waals surface area contributed by atoms with Crippen molar-refractivity contribution in [2.45, 2.75) is 26.2 Å². The van der Waals surface area contributed by atoms with Crippen molar-refractivity contribution in [3.05, 3.63) is 0 Å². The van der Waals surface area contributed by atoms with Gasteiger partial charge in [0.05, 0.1) is 0 Å². The molecule has 0 aromatic heterocycles. The van der Waals surface area contributed by atoms with Gasteiger partial charge in [0.25, 0.3) is 0 Å². The van der Waals surface area contributed by atoms with E-state index in [1.807, 2.05) is 0 Å². The van der Waals surface area contributed by atoms with Crippen LogP contribution in [-0.4, -0.2) is 62.7 Å². The van der Waals surface area contributed by atoms with Crippen LogP contribution in [0.2, 0.25) is 0 Å². The van der Waals surface area contributed by atoms with Gasteiger partial charge >= 0.3 is 0 Å². The molecular weight excluding hydrogens is 210 g/mol. The monoisotopic (exact) mass is 239 g/mol. The third-order valence-corrected chi connectivity index (χ3v) is 4.13. The number of likely N-dealkylation sites (tertiary alicyclic amines) is 1. The molecule has 2 heterocycles. The molecule has 0 saturated carbocycles. The first kappa shape index (κ1) is 13.3. The summed E-state index contributed by atoms with van der Waals surface area (Å²) in [6, 6.07) is 0. The first-order chi connectivity index (χ1) is 8.24. The number of nitrogens with one attached hydrogen (secondary N) is 1. The normalized spacial score (nSPS) is 34.2. The summed E-state index contributed by atoms with van der Waals surface area (Å²) in [7, 11) is 2.27. The van der Waals surface area contributed by atoms with E-state index in [0.717, 1.165) is 11.8 Å². The largest absolute Gasteiger partial charge is 0.316 e. The highest BCUT2D eigenvalue weighted by molar-refractivity contribution is 4.76. The molecule has 17 heavy (non-hydrogen) atoms. The van der Waals surface area contributed by atoms with Crippen molar-refractivity contribution in [3.8, 4) is 0 Å². The molecule has 2 rings (SSSR count). The molecule has 0 aromatic carbocycles. The minimum atomic E-state index is 0.802. The fraction of sp³-hybridized carbons (Fsp3) is 1.00. The Hall–Kier alpha value is -0.120. The Morgan fingerprint density at radius 3 is 2.88 bits per heavy atom. The van der Waals surface area contributed by atoms with Gasteiger partial charge in [-0.2, -0.15) is 0 Å². The summed E-state index contributed by atoms with van der Waals surface area (Å²) in [5.41, 5.74) is 0. The number of rotatable bonds is 2. The standard InChI is InChI=1S/C14H29N3/c1-13-9-15-6-4-8-17(10-13)12-14-5-3-7-16(2)11-14/h13-15H,3-12H2,1-2H3. The van der Waals surface area contributed by atoms with Crippen LogP contribution in [-0.2, 0) is 0 Å². The van der Waals surface area contributed by atoms with Crippen LogP contribution in [0.15, 0.2) is 0 Å². The zero-order valence-electron chi connectivity index (χ0n) is 11.6. The molecule has 2 saturated heterocycles. The molecule has 2 fully saturated rings. The Morgan fingerprint density at radius 2 is 2.06 bits per heavy atom. The fourth-order valence-electron chi connectivity index (χ4n) is 3.33. The van der Waals surface area contributed by atoms with Crippen molar-refractivity contribution in [2.75, 3.05) is 52.9 Å². The number of nitrogens with zero attached hydrogens (tertiary/aromatic N) is 2. The van der Waals surface area contributed by atoms with E-state index in [1.165, 1.54) is 65.1 Å². The Kier molecular flexibility index (Phi) is 5.26. The lowest BCUT2D eigenvalue weighted by molar-refractivity contribution is 0.135. The average Bonchev–Trinajstić information content (AvgIpc) is 2.25. The van der Waals surface area contributed by atoms with Crippen LogP contribution >= 0.6 is 0 Å². The minimum Gasteiger partial charge on any atom is -0.316 e. The zero-order valence-corrected chi connectivity index (χ0v) is 11.6. The zero-order chi connectivity index (χ0) is 12.1. The second-order valence-electron chi connectivity index (χ2n) is 6.19. The van der Waals surface area contributed by atoms with E-state index in [1.54, 1.807) is 0 Å². The summed E-state index contributed by atoms with van der Waals surface area (Å²) in [6.07, 6.45) is 4.15. The third-order valence-electron chi connectivity index (χ3n) is 4.13. The van der Waals surface area contributed by atoms with Gasteiger partial charge in [-0.05, 0) is 64.3 Å². The second-order valence-corrected chi connectivity index (χ2v) is 6.19. The Bertz CT molecular complexity index is 220. The molecule has 2 aliphatic heterocycles. The molecule has 0 amide bonds.